The van der Waals surface area contributed by atoms with Gasteiger partial charge in [-0.15, -0.1) is 0 Å². The summed E-state index contributed by atoms with van der Waals surface area (Å²) in [5.41, 5.74) is 7.23. The van der Waals surface area contributed by atoms with Crippen molar-refractivity contribution < 1.29 is 0 Å². The van der Waals surface area contributed by atoms with E-state index in [0.29, 0.717) is 11.0 Å². The zero-order valence-electron chi connectivity index (χ0n) is 11.0. The Morgan fingerprint density at radius 3 is 2.72 bits per heavy atom. The zero-order valence-corrected chi connectivity index (χ0v) is 11.8. The molecule has 3 heteroatoms. The maximum atomic E-state index is 6.01. The second-order valence-corrected chi connectivity index (χ2v) is 5.48. The minimum atomic E-state index is 0.103. The molecule has 1 heterocycles. The van der Waals surface area contributed by atoms with E-state index in [1.165, 1.54) is 31.2 Å². The molecule has 2 nitrogen and oxygen atoms in total. The minimum absolute atomic E-state index is 0.103. The number of thiocarbonyl (C=S) groups is 1. The molecule has 1 aliphatic rings. The topological polar surface area (TPSA) is 29.3 Å². The monoisotopic (exact) mass is 262 g/mol. The Morgan fingerprint density at radius 1 is 1.39 bits per heavy atom. The van der Waals surface area contributed by atoms with E-state index < -0.39 is 0 Å². The van der Waals surface area contributed by atoms with Crippen LogP contribution in [0.5, 0.6) is 0 Å². The highest BCUT2D eigenvalue weighted by molar-refractivity contribution is 7.80. The van der Waals surface area contributed by atoms with Crippen molar-refractivity contribution in [3.63, 3.8) is 0 Å². The molecule has 2 atom stereocenters. The lowest BCUT2D eigenvalue weighted by atomic mass is 9.95. The summed E-state index contributed by atoms with van der Waals surface area (Å²) in [6.07, 6.45) is 5.02. The third-order valence-corrected chi connectivity index (χ3v) is 4.08. The maximum absolute atomic E-state index is 6.01. The van der Waals surface area contributed by atoms with Gasteiger partial charge in [0.1, 0.15) is 0 Å². The summed E-state index contributed by atoms with van der Waals surface area (Å²) < 4.78 is 0. The predicted octanol–water partition coefficient (Wildman–Crippen LogP) is 3.28. The fourth-order valence-electron chi connectivity index (χ4n) is 2.96. The van der Waals surface area contributed by atoms with Crippen molar-refractivity contribution in [2.45, 2.75) is 44.7 Å². The van der Waals surface area contributed by atoms with Gasteiger partial charge in [-0.2, -0.15) is 0 Å². The van der Waals surface area contributed by atoms with Crippen molar-refractivity contribution >= 4 is 17.2 Å². The summed E-state index contributed by atoms with van der Waals surface area (Å²) in [6, 6.07) is 11.1. The fourth-order valence-corrected chi connectivity index (χ4v) is 3.23. The molecule has 0 aromatic heterocycles. The van der Waals surface area contributed by atoms with Gasteiger partial charge in [-0.3, -0.25) is 4.90 Å². The molecule has 18 heavy (non-hydrogen) atoms. The second kappa shape index (κ2) is 6.30. The molecule has 0 bridgehead atoms. The summed E-state index contributed by atoms with van der Waals surface area (Å²) >= 11 is 5.32. The number of rotatable bonds is 4. The van der Waals surface area contributed by atoms with Crippen LogP contribution in [0.1, 0.15) is 44.2 Å². The van der Waals surface area contributed by atoms with Crippen LogP contribution in [0.4, 0.5) is 0 Å². The van der Waals surface area contributed by atoms with Gasteiger partial charge in [-0.05, 0) is 31.4 Å². The highest BCUT2D eigenvalue weighted by Gasteiger charge is 2.30. The first-order valence-corrected chi connectivity index (χ1v) is 7.25. The van der Waals surface area contributed by atoms with Gasteiger partial charge >= 0.3 is 0 Å². The van der Waals surface area contributed by atoms with E-state index >= 15 is 0 Å². The average Bonchev–Trinajstić information content (AvgIpc) is 2.40. The van der Waals surface area contributed by atoms with Crippen molar-refractivity contribution in [1.82, 2.24) is 4.90 Å². The molecule has 0 radical (unpaired) electrons. The van der Waals surface area contributed by atoms with Crippen LogP contribution >= 0.6 is 12.2 Å². The molecule has 1 aliphatic heterocycles. The summed E-state index contributed by atoms with van der Waals surface area (Å²) in [4.78, 5) is 3.10. The van der Waals surface area contributed by atoms with Crippen molar-refractivity contribution in [3.05, 3.63) is 35.9 Å². The van der Waals surface area contributed by atoms with E-state index in [-0.39, 0.29) is 6.04 Å². The Hall–Kier alpha value is -0.930. The molecule has 2 unspecified atom stereocenters. The minimum Gasteiger partial charge on any atom is -0.392 e. The van der Waals surface area contributed by atoms with E-state index in [9.17, 15) is 0 Å². The average molecular weight is 262 g/mol. The van der Waals surface area contributed by atoms with Crippen LogP contribution < -0.4 is 5.73 Å². The van der Waals surface area contributed by atoms with Gasteiger partial charge in [0.05, 0.1) is 11.0 Å². The SMILES string of the molecule is CCC1CCCCN1C(C(N)=S)c1ccccc1. The summed E-state index contributed by atoms with van der Waals surface area (Å²) in [5, 5.41) is 0. The number of benzene rings is 1. The molecule has 0 amide bonds. The first-order valence-electron chi connectivity index (χ1n) is 6.84. The quantitative estimate of drug-likeness (QED) is 0.844. The fraction of sp³-hybridized carbons (Fsp3) is 0.533. The van der Waals surface area contributed by atoms with Crippen molar-refractivity contribution in [2.75, 3.05) is 6.54 Å². The zero-order chi connectivity index (χ0) is 13.0. The van der Waals surface area contributed by atoms with Crippen LogP contribution in [0, 0.1) is 0 Å². The third kappa shape index (κ3) is 2.90. The number of hydrogen-bond donors (Lipinski definition) is 1. The van der Waals surface area contributed by atoms with E-state index in [1.54, 1.807) is 0 Å². The Balaban J connectivity index is 2.27. The lowest BCUT2D eigenvalue weighted by molar-refractivity contribution is 0.122. The van der Waals surface area contributed by atoms with Gasteiger partial charge in [0.15, 0.2) is 0 Å². The van der Waals surface area contributed by atoms with Crippen LogP contribution in [0.15, 0.2) is 30.3 Å². The standard InChI is InChI=1S/C15H22N2S/c1-2-13-10-6-7-11-17(13)14(15(16)18)12-8-4-3-5-9-12/h3-5,8-9,13-14H,2,6-7,10-11H2,1H3,(H2,16,18). The summed E-state index contributed by atoms with van der Waals surface area (Å²) in [7, 11) is 0. The molecule has 2 rings (SSSR count). The number of piperidine rings is 1. The number of nitrogens with two attached hydrogens (primary N) is 1. The summed E-state index contributed by atoms with van der Waals surface area (Å²) in [5.74, 6) is 0. The van der Waals surface area contributed by atoms with Gasteiger partial charge in [0.25, 0.3) is 0 Å². The first-order chi connectivity index (χ1) is 8.74. The lowest BCUT2D eigenvalue weighted by Gasteiger charge is -2.40. The predicted molar refractivity (Wildman–Crippen MR) is 80.6 cm³/mol. The van der Waals surface area contributed by atoms with Crippen LogP contribution in [0.2, 0.25) is 0 Å². The Kier molecular flexibility index (Phi) is 4.72. The molecule has 98 valence electrons. The molecule has 0 aliphatic carbocycles. The Morgan fingerprint density at radius 2 is 2.11 bits per heavy atom. The van der Waals surface area contributed by atoms with E-state index in [4.69, 9.17) is 18.0 Å². The van der Waals surface area contributed by atoms with Gasteiger partial charge in [0, 0.05) is 6.04 Å². The number of hydrogen-bond acceptors (Lipinski definition) is 2. The molecule has 1 aromatic rings. The molecule has 1 aromatic carbocycles. The molecule has 2 N–H and O–H groups in total. The molecule has 0 spiro atoms. The Labute approximate surface area is 115 Å². The van der Waals surface area contributed by atoms with Crippen LogP contribution in [0.3, 0.4) is 0 Å². The van der Waals surface area contributed by atoms with Crippen molar-refractivity contribution in [1.29, 1.82) is 0 Å². The molecular formula is C15H22N2S. The summed E-state index contributed by atoms with van der Waals surface area (Å²) in [6.45, 7) is 3.36. The Bertz CT molecular complexity index is 391. The maximum Gasteiger partial charge on any atom is 0.0948 e. The normalized spacial score (nSPS) is 22.6. The molecule has 1 fully saturated rings. The highest BCUT2D eigenvalue weighted by Crippen LogP contribution is 2.30. The van der Waals surface area contributed by atoms with Crippen LogP contribution in [0.25, 0.3) is 0 Å². The van der Waals surface area contributed by atoms with Gasteiger partial charge in [0.2, 0.25) is 0 Å². The third-order valence-electron chi connectivity index (χ3n) is 3.86. The first kappa shape index (κ1) is 13.5. The van der Waals surface area contributed by atoms with Gasteiger partial charge < -0.3 is 5.73 Å². The molecule has 1 saturated heterocycles. The smallest absolute Gasteiger partial charge is 0.0948 e. The van der Waals surface area contributed by atoms with Crippen molar-refractivity contribution in [3.8, 4) is 0 Å². The molecular weight excluding hydrogens is 240 g/mol. The van der Waals surface area contributed by atoms with E-state index in [2.05, 4.69) is 36.1 Å². The van der Waals surface area contributed by atoms with Gasteiger partial charge in [-0.25, -0.2) is 0 Å². The largest absolute Gasteiger partial charge is 0.392 e. The molecule has 0 saturated carbocycles. The van der Waals surface area contributed by atoms with Crippen LogP contribution in [-0.2, 0) is 0 Å². The van der Waals surface area contributed by atoms with Gasteiger partial charge in [-0.1, -0.05) is 55.9 Å². The highest BCUT2D eigenvalue weighted by atomic mass is 32.1. The number of nitrogens with zero attached hydrogens (tertiary/aromatic N) is 1. The lowest BCUT2D eigenvalue weighted by Crippen LogP contribution is -2.45. The second-order valence-electron chi connectivity index (χ2n) is 5.01. The number of likely N-dealkylation sites (tertiary alicyclic amines) is 1. The van der Waals surface area contributed by atoms with Crippen LogP contribution in [-0.4, -0.2) is 22.5 Å². The van der Waals surface area contributed by atoms with Crippen molar-refractivity contribution in [2.24, 2.45) is 5.73 Å². The van der Waals surface area contributed by atoms with E-state index in [0.717, 1.165) is 6.54 Å². The van der Waals surface area contributed by atoms with E-state index in [1.807, 2.05) is 6.07 Å².